The highest BCUT2D eigenvalue weighted by Gasteiger charge is 2.44. The van der Waals surface area contributed by atoms with Crippen LogP contribution in [0.4, 0.5) is 22.0 Å². The van der Waals surface area contributed by atoms with Crippen LogP contribution >= 0.6 is 0 Å². The molecule has 0 N–H and O–H groups in total. The first-order chi connectivity index (χ1) is 15.6. The van der Waals surface area contributed by atoms with Crippen LogP contribution in [-0.4, -0.2) is 40.1 Å². The Kier molecular flexibility index (Phi) is 6.20. The summed E-state index contributed by atoms with van der Waals surface area (Å²) in [5, 5.41) is 5.58. The average Bonchev–Trinajstić information content (AvgIpc) is 3.15. The van der Waals surface area contributed by atoms with Gasteiger partial charge in [-0.1, -0.05) is 12.1 Å². The number of carbonyl (C=O) groups is 1. The van der Waals surface area contributed by atoms with Crippen molar-refractivity contribution in [3.63, 3.8) is 0 Å². The van der Waals surface area contributed by atoms with E-state index in [2.05, 4.69) is 9.94 Å². The summed E-state index contributed by atoms with van der Waals surface area (Å²) in [5.74, 6) is -3.72. The zero-order chi connectivity index (χ0) is 23.8. The summed E-state index contributed by atoms with van der Waals surface area (Å²) in [4.78, 5) is 15.9. The summed E-state index contributed by atoms with van der Waals surface area (Å²) in [5.41, 5.74) is 2.87. The lowest BCUT2D eigenvalue weighted by molar-refractivity contribution is -0.242. The van der Waals surface area contributed by atoms with Crippen LogP contribution in [0.1, 0.15) is 29.5 Å². The largest absolute Gasteiger partial charge is 0.492 e. The van der Waals surface area contributed by atoms with Crippen molar-refractivity contribution in [1.29, 1.82) is 0 Å². The zero-order valence-corrected chi connectivity index (χ0v) is 17.5. The molecule has 174 valence electrons. The molecule has 4 rings (SSSR count). The van der Waals surface area contributed by atoms with Crippen molar-refractivity contribution in [3.8, 4) is 11.3 Å². The van der Waals surface area contributed by atoms with Crippen molar-refractivity contribution in [3.05, 3.63) is 77.5 Å². The van der Waals surface area contributed by atoms with Gasteiger partial charge in [0, 0.05) is 32.0 Å². The van der Waals surface area contributed by atoms with Gasteiger partial charge >= 0.3 is 12.1 Å². The van der Waals surface area contributed by atoms with E-state index in [1.54, 1.807) is 36.0 Å². The Balaban J connectivity index is 1.64. The van der Waals surface area contributed by atoms with Gasteiger partial charge in [0.05, 0.1) is 11.4 Å². The van der Waals surface area contributed by atoms with Crippen molar-refractivity contribution in [2.45, 2.75) is 24.4 Å². The van der Waals surface area contributed by atoms with Gasteiger partial charge in [-0.15, -0.1) is 5.06 Å². The normalized spacial score (nSPS) is 19.5. The molecule has 0 aliphatic carbocycles. The van der Waals surface area contributed by atoms with E-state index in [0.717, 1.165) is 16.3 Å². The van der Waals surface area contributed by atoms with E-state index in [1.807, 2.05) is 6.07 Å². The molecule has 5 nitrogen and oxygen atoms in total. The minimum Gasteiger partial charge on any atom is -0.361 e. The maximum absolute atomic E-state index is 13.5. The van der Waals surface area contributed by atoms with Crippen LogP contribution in [-0.2, 0) is 16.7 Å². The molecule has 1 saturated heterocycles. The number of benzene rings is 2. The summed E-state index contributed by atoms with van der Waals surface area (Å²) < 4.78 is 66.4. The SMILES string of the molecule is Cn1nc([C@@H]2CCN(OC(=O)C(F)(F)F)C[C@H]2c2ccc(F)cc2)cc1-c1ccc(F)cc1. The van der Waals surface area contributed by atoms with E-state index in [1.165, 1.54) is 24.3 Å². The Morgan fingerprint density at radius 1 is 1.00 bits per heavy atom. The summed E-state index contributed by atoms with van der Waals surface area (Å²) in [6.45, 7) is 0.0627. The fraction of sp³-hybridized carbons (Fsp3) is 0.304. The summed E-state index contributed by atoms with van der Waals surface area (Å²) in [6.07, 6.45) is -4.75. The van der Waals surface area contributed by atoms with Gasteiger partial charge in [-0.25, -0.2) is 13.6 Å². The smallest absolute Gasteiger partial charge is 0.361 e. The van der Waals surface area contributed by atoms with Gasteiger partial charge in [0.25, 0.3) is 0 Å². The summed E-state index contributed by atoms with van der Waals surface area (Å²) in [7, 11) is 1.75. The number of nitrogens with zero attached hydrogens (tertiary/aromatic N) is 3. The number of hydrogen-bond donors (Lipinski definition) is 0. The standard InChI is InChI=1S/C23H20F5N3O2/c1-30-21(15-4-8-17(25)9-5-15)12-20(29-30)18-10-11-31(33-22(32)23(26,27)28)13-19(18)14-2-6-16(24)7-3-14/h2-9,12,18-19H,10-11,13H2,1H3/t18-,19+/m1/s1. The van der Waals surface area contributed by atoms with Crippen LogP contribution in [0.25, 0.3) is 11.3 Å². The maximum atomic E-state index is 13.5. The molecule has 2 heterocycles. The molecule has 2 atom stereocenters. The van der Waals surface area contributed by atoms with Crippen molar-refractivity contribution < 1.29 is 31.6 Å². The highest BCUT2D eigenvalue weighted by molar-refractivity contribution is 5.75. The van der Waals surface area contributed by atoms with E-state index in [0.29, 0.717) is 17.7 Å². The average molecular weight is 465 g/mol. The molecule has 3 aromatic rings. The number of hydroxylamine groups is 2. The number of alkyl halides is 3. The van der Waals surface area contributed by atoms with Gasteiger partial charge in [-0.3, -0.25) is 4.68 Å². The molecule has 1 fully saturated rings. The van der Waals surface area contributed by atoms with Crippen molar-refractivity contribution in [2.24, 2.45) is 7.05 Å². The molecule has 0 unspecified atom stereocenters. The Labute approximate surface area is 186 Å². The highest BCUT2D eigenvalue weighted by Crippen LogP contribution is 2.40. The molecule has 1 aromatic heterocycles. The van der Waals surface area contributed by atoms with Crippen LogP contribution in [0.5, 0.6) is 0 Å². The third-order valence-corrected chi connectivity index (χ3v) is 5.74. The molecular weight excluding hydrogens is 445 g/mol. The fourth-order valence-corrected chi connectivity index (χ4v) is 4.14. The molecule has 0 amide bonds. The molecule has 0 bridgehead atoms. The lowest BCUT2D eigenvalue weighted by atomic mass is 9.79. The molecule has 0 spiro atoms. The lowest BCUT2D eigenvalue weighted by Crippen LogP contribution is -2.42. The number of aryl methyl sites for hydroxylation is 1. The number of rotatable bonds is 4. The van der Waals surface area contributed by atoms with Crippen LogP contribution < -0.4 is 0 Å². The Hall–Kier alpha value is -3.27. The molecule has 1 aliphatic rings. The zero-order valence-electron chi connectivity index (χ0n) is 17.5. The van der Waals surface area contributed by atoms with Gasteiger partial charge in [0.15, 0.2) is 0 Å². The third kappa shape index (κ3) is 5.05. The van der Waals surface area contributed by atoms with E-state index >= 15 is 0 Å². The summed E-state index contributed by atoms with van der Waals surface area (Å²) in [6, 6.07) is 13.5. The molecule has 0 radical (unpaired) electrons. The van der Waals surface area contributed by atoms with E-state index in [4.69, 9.17) is 0 Å². The third-order valence-electron chi connectivity index (χ3n) is 5.74. The van der Waals surface area contributed by atoms with Crippen LogP contribution in [0.3, 0.4) is 0 Å². The lowest BCUT2D eigenvalue weighted by Gasteiger charge is -2.37. The molecule has 0 saturated carbocycles. The van der Waals surface area contributed by atoms with Crippen molar-refractivity contribution in [1.82, 2.24) is 14.8 Å². The second-order valence-corrected chi connectivity index (χ2v) is 7.90. The van der Waals surface area contributed by atoms with Gasteiger partial charge < -0.3 is 4.84 Å². The van der Waals surface area contributed by atoms with Crippen LogP contribution in [0.15, 0.2) is 54.6 Å². The molecular formula is C23H20F5N3O2. The predicted octanol–water partition coefficient (Wildman–Crippen LogP) is 4.96. The number of carbonyl (C=O) groups excluding carboxylic acids is 1. The molecule has 10 heteroatoms. The molecule has 33 heavy (non-hydrogen) atoms. The highest BCUT2D eigenvalue weighted by atomic mass is 19.4. The second kappa shape index (κ2) is 8.93. The monoisotopic (exact) mass is 465 g/mol. The fourth-order valence-electron chi connectivity index (χ4n) is 4.14. The van der Waals surface area contributed by atoms with Gasteiger partial charge in [0.2, 0.25) is 0 Å². The first kappa shape index (κ1) is 22.9. The van der Waals surface area contributed by atoms with Gasteiger partial charge in [-0.05, 0) is 60.0 Å². The second-order valence-electron chi connectivity index (χ2n) is 7.90. The Morgan fingerprint density at radius 2 is 1.61 bits per heavy atom. The van der Waals surface area contributed by atoms with Crippen LogP contribution in [0.2, 0.25) is 0 Å². The van der Waals surface area contributed by atoms with Crippen molar-refractivity contribution >= 4 is 5.97 Å². The molecule has 2 aromatic carbocycles. The van der Waals surface area contributed by atoms with E-state index in [-0.39, 0.29) is 24.8 Å². The maximum Gasteiger partial charge on any atom is 0.492 e. The Bertz CT molecular complexity index is 1130. The number of hydrogen-bond acceptors (Lipinski definition) is 4. The number of piperidine rings is 1. The predicted molar refractivity (Wildman–Crippen MR) is 109 cm³/mol. The van der Waals surface area contributed by atoms with Crippen LogP contribution in [0, 0.1) is 11.6 Å². The minimum absolute atomic E-state index is 0.0133. The van der Waals surface area contributed by atoms with Gasteiger partial charge in [0.1, 0.15) is 11.6 Å². The quantitative estimate of drug-likeness (QED) is 0.511. The van der Waals surface area contributed by atoms with Crippen molar-refractivity contribution in [2.75, 3.05) is 13.1 Å². The number of aromatic nitrogens is 2. The summed E-state index contributed by atoms with van der Waals surface area (Å²) >= 11 is 0. The topological polar surface area (TPSA) is 47.4 Å². The van der Waals surface area contributed by atoms with E-state index < -0.39 is 23.9 Å². The molecule has 1 aliphatic heterocycles. The van der Waals surface area contributed by atoms with Gasteiger partial charge in [-0.2, -0.15) is 18.3 Å². The van der Waals surface area contributed by atoms with E-state index in [9.17, 15) is 26.7 Å². The number of halogens is 5. The first-order valence-corrected chi connectivity index (χ1v) is 10.2. The first-order valence-electron chi connectivity index (χ1n) is 10.2. The Morgan fingerprint density at radius 3 is 2.21 bits per heavy atom. The minimum atomic E-state index is -5.10.